The summed E-state index contributed by atoms with van der Waals surface area (Å²) >= 11 is 6.82. The summed E-state index contributed by atoms with van der Waals surface area (Å²) in [6.07, 6.45) is 0. The van der Waals surface area contributed by atoms with Gasteiger partial charge in [-0.2, -0.15) is 4.31 Å². The molecule has 1 heterocycles. The molecule has 3 rings (SSSR count). The molecule has 128 valence electrons. The number of hydrogen-bond acceptors (Lipinski definition) is 3. The van der Waals surface area contributed by atoms with Gasteiger partial charge in [0.05, 0.1) is 4.90 Å². The lowest BCUT2D eigenvalue weighted by Crippen LogP contribution is -2.48. The Hall–Kier alpha value is -0.890. The number of nitrogens with zero attached hydrogens (tertiary/aromatic N) is 2. The molecule has 0 bridgehead atoms. The number of sulfonamides is 1. The third-order valence-corrected chi connectivity index (χ3v) is 7.90. The fraction of sp³-hybridized carbons (Fsp3) is 0.294. The van der Waals surface area contributed by atoms with Crippen LogP contribution in [0.25, 0.3) is 0 Å². The molecular weight excluding hydrogens is 456 g/mol. The second kappa shape index (κ2) is 7.15. The molecule has 0 atom stereocenters. The number of para-hydroxylation sites is 1. The summed E-state index contributed by atoms with van der Waals surface area (Å²) in [6.45, 7) is 4.24. The summed E-state index contributed by atoms with van der Waals surface area (Å²) < 4.78 is 29.0. The van der Waals surface area contributed by atoms with E-state index in [0.29, 0.717) is 35.5 Å². The van der Waals surface area contributed by atoms with E-state index >= 15 is 0 Å². The van der Waals surface area contributed by atoms with Gasteiger partial charge in [0.2, 0.25) is 10.0 Å². The fourth-order valence-electron chi connectivity index (χ4n) is 2.79. The number of anilines is 1. The lowest BCUT2D eigenvalue weighted by atomic mass is 10.2. The summed E-state index contributed by atoms with van der Waals surface area (Å²) in [4.78, 5) is 2.55. The van der Waals surface area contributed by atoms with E-state index < -0.39 is 10.0 Å². The average Bonchev–Trinajstić information content (AvgIpc) is 2.59. The molecule has 7 heteroatoms. The summed E-state index contributed by atoms with van der Waals surface area (Å²) in [5.74, 6) is 0. The zero-order valence-corrected chi connectivity index (χ0v) is 17.2. The molecule has 2 aromatic carbocycles. The van der Waals surface area contributed by atoms with E-state index in [9.17, 15) is 8.42 Å². The van der Waals surface area contributed by atoms with Crippen molar-refractivity contribution in [2.24, 2.45) is 0 Å². The highest BCUT2D eigenvalue weighted by molar-refractivity contribution is 9.11. The smallest absolute Gasteiger partial charge is 0.244 e. The van der Waals surface area contributed by atoms with Crippen molar-refractivity contribution < 1.29 is 8.42 Å². The summed E-state index contributed by atoms with van der Waals surface area (Å²) in [7, 11) is -3.50. The maximum Gasteiger partial charge on any atom is 0.244 e. The normalized spacial score (nSPS) is 16.4. The van der Waals surface area contributed by atoms with Crippen molar-refractivity contribution in [3.8, 4) is 0 Å². The number of piperazine rings is 1. The van der Waals surface area contributed by atoms with E-state index in [1.54, 1.807) is 16.4 Å². The van der Waals surface area contributed by atoms with E-state index in [1.807, 2.05) is 25.1 Å². The molecular formula is C17H18Br2N2O2S. The highest BCUT2D eigenvalue weighted by Crippen LogP contribution is 2.31. The molecule has 1 saturated heterocycles. The van der Waals surface area contributed by atoms with Crippen LogP contribution in [0.1, 0.15) is 5.56 Å². The number of benzene rings is 2. The second-order valence-corrected chi connectivity index (χ2v) is 9.37. The number of hydrogen-bond donors (Lipinski definition) is 0. The predicted octanol–water partition coefficient (Wildman–Crippen LogP) is 4.03. The van der Waals surface area contributed by atoms with Gasteiger partial charge in [-0.15, -0.1) is 0 Å². The molecule has 0 radical (unpaired) electrons. The van der Waals surface area contributed by atoms with Crippen molar-refractivity contribution in [1.29, 1.82) is 0 Å². The van der Waals surface area contributed by atoms with Crippen LogP contribution in [-0.2, 0) is 10.0 Å². The van der Waals surface area contributed by atoms with Gasteiger partial charge in [-0.1, -0.05) is 34.1 Å². The van der Waals surface area contributed by atoms with Crippen molar-refractivity contribution in [1.82, 2.24) is 4.31 Å². The Labute approximate surface area is 159 Å². The Morgan fingerprint density at radius 2 is 1.54 bits per heavy atom. The van der Waals surface area contributed by atoms with Crippen molar-refractivity contribution in [3.05, 3.63) is 57.0 Å². The molecule has 1 aliphatic heterocycles. The van der Waals surface area contributed by atoms with Crippen LogP contribution in [0.2, 0.25) is 0 Å². The molecule has 2 aromatic rings. The molecule has 0 N–H and O–H groups in total. The van der Waals surface area contributed by atoms with Gasteiger partial charge in [0, 0.05) is 40.8 Å². The van der Waals surface area contributed by atoms with E-state index in [0.717, 1.165) is 15.7 Å². The molecule has 0 spiro atoms. The largest absolute Gasteiger partial charge is 0.369 e. The number of rotatable bonds is 3. The molecule has 0 aromatic heterocycles. The van der Waals surface area contributed by atoms with Gasteiger partial charge in [-0.05, 0) is 52.7 Å². The maximum absolute atomic E-state index is 13.0. The SMILES string of the molecule is Cc1cc(S(=O)(=O)N2CCN(c3ccccc3)CC2)c(Br)cc1Br. The fourth-order valence-corrected chi connectivity index (χ4v) is 5.95. The average molecular weight is 474 g/mol. The highest BCUT2D eigenvalue weighted by atomic mass is 79.9. The van der Waals surface area contributed by atoms with Crippen LogP contribution in [0.5, 0.6) is 0 Å². The third-order valence-electron chi connectivity index (χ3n) is 4.19. The third kappa shape index (κ3) is 3.54. The second-order valence-electron chi connectivity index (χ2n) is 5.76. The quantitative estimate of drug-likeness (QED) is 0.675. The Kier molecular flexibility index (Phi) is 5.34. The molecule has 1 fully saturated rings. The van der Waals surface area contributed by atoms with Gasteiger partial charge >= 0.3 is 0 Å². The van der Waals surface area contributed by atoms with Crippen LogP contribution in [-0.4, -0.2) is 38.9 Å². The van der Waals surface area contributed by atoms with Gasteiger partial charge in [0.1, 0.15) is 0 Å². The first-order valence-corrected chi connectivity index (χ1v) is 10.7. The van der Waals surface area contributed by atoms with E-state index in [1.165, 1.54) is 0 Å². The van der Waals surface area contributed by atoms with Crippen molar-refractivity contribution in [2.75, 3.05) is 31.1 Å². The molecule has 1 aliphatic rings. The maximum atomic E-state index is 13.0. The van der Waals surface area contributed by atoms with Gasteiger partial charge < -0.3 is 4.90 Å². The number of aryl methyl sites for hydroxylation is 1. The van der Waals surface area contributed by atoms with E-state index in [4.69, 9.17) is 0 Å². The zero-order valence-electron chi connectivity index (χ0n) is 13.2. The zero-order chi connectivity index (χ0) is 17.3. The summed E-state index contributed by atoms with van der Waals surface area (Å²) in [5, 5.41) is 0. The number of halogens is 2. The van der Waals surface area contributed by atoms with Crippen molar-refractivity contribution >= 4 is 47.6 Å². The molecule has 4 nitrogen and oxygen atoms in total. The minimum absolute atomic E-state index is 0.330. The van der Waals surface area contributed by atoms with Crippen LogP contribution in [0.3, 0.4) is 0 Å². The van der Waals surface area contributed by atoms with Crippen molar-refractivity contribution in [3.63, 3.8) is 0 Å². The Morgan fingerprint density at radius 3 is 2.17 bits per heavy atom. The Balaban J connectivity index is 1.79. The Morgan fingerprint density at radius 1 is 0.917 bits per heavy atom. The lowest BCUT2D eigenvalue weighted by molar-refractivity contribution is 0.384. The van der Waals surface area contributed by atoms with Crippen LogP contribution in [0.15, 0.2) is 56.3 Å². The van der Waals surface area contributed by atoms with E-state index in [-0.39, 0.29) is 0 Å². The van der Waals surface area contributed by atoms with Gasteiger partial charge in [0.15, 0.2) is 0 Å². The highest BCUT2D eigenvalue weighted by Gasteiger charge is 2.30. The molecule has 0 aliphatic carbocycles. The first-order chi connectivity index (χ1) is 11.4. The Bertz CT molecular complexity index is 833. The van der Waals surface area contributed by atoms with Gasteiger partial charge in [-0.3, -0.25) is 0 Å². The minimum atomic E-state index is -3.50. The topological polar surface area (TPSA) is 40.6 Å². The van der Waals surface area contributed by atoms with Crippen LogP contribution < -0.4 is 4.90 Å². The molecule has 24 heavy (non-hydrogen) atoms. The summed E-state index contributed by atoms with van der Waals surface area (Å²) in [6, 6.07) is 13.6. The van der Waals surface area contributed by atoms with Crippen molar-refractivity contribution in [2.45, 2.75) is 11.8 Å². The van der Waals surface area contributed by atoms with Crippen LogP contribution in [0, 0.1) is 6.92 Å². The van der Waals surface area contributed by atoms with Crippen LogP contribution >= 0.6 is 31.9 Å². The summed E-state index contributed by atoms with van der Waals surface area (Å²) in [5.41, 5.74) is 2.04. The monoisotopic (exact) mass is 472 g/mol. The predicted molar refractivity (Wildman–Crippen MR) is 104 cm³/mol. The van der Waals surface area contributed by atoms with E-state index in [2.05, 4.69) is 48.9 Å². The first-order valence-electron chi connectivity index (χ1n) is 7.65. The molecule has 0 unspecified atom stereocenters. The molecule has 0 saturated carbocycles. The first kappa shape index (κ1) is 17.9. The van der Waals surface area contributed by atoms with Gasteiger partial charge in [-0.25, -0.2) is 8.42 Å². The lowest BCUT2D eigenvalue weighted by Gasteiger charge is -2.35. The standard InChI is InChI=1S/C17H18Br2N2O2S/c1-13-11-17(16(19)12-15(13)18)24(22,23)21-9-7-20(8-10-21)14-5-3-2-4-6-14/h2-6,11-12H,7-10H2,1H3. The minimum Gasteiger partial charge on any atom is -0.369 e. The van der Waals surface area contributed by atoms with Gasteiger partial charge in [0.25, 0.3) is 0 Å². The molecule has 0 amide bonds. The van der Waals surface area contributed by atoms with Crippen LogP contribution in [0.4, 0.5) is 5.69 Å².